The Balaban J connectivity index is 1.39. The Morgan fingerprint density at radius 3 is 2.23 bits per heavy atom. The minimum atomic E-state index is -0.834. The molecule has 3 N–H and O–H groups in total. The number of hydrogen-bond acceptors (Lipinski definition) is 4. The highest BCUT2D eigenvalue weighted by atomic mass is 16.5. The van der Waals surface area contributed by atoms with Gasteiger partial charge in [-0.1, -0.05) is 60.2 Å². The molecule has 0 radical (unpaired) electrons. The van der Waals surface area contributed by atoms with Gasteiger partial charge in [-0.3, -0.25) is 9.59 Å². The van der Waals surface area contributed by atoms with E-state index in [9.17, 15) is 19.5 Å². The van der Waals surface area contributed by atoms with Crippen molar-refractivity contribution >= 4 is 18.0 Å². The van der Waals surface area contributed by atoms with Gasteiger partial charge in [-0.2, -0.15) is 0 Å². The van der Waals surface area contributed by atoms with Crippen molar-refractivity contribution in [1.82, 2.24) is 10.6 Å². The molecule has 0 bridgehead atoms. The van der Waals surface area contributed by atoms with Crippen LogP contribution < -0.4 is 10.6 Å². The number of nitrogens with one attached hydrogen (secondary N) is 2. The number of carboxylic acids is 1. The summed E-state index contributed by atoms with van der Waals surface area (Å²) in [5, 5.41) is 14.8. The monoisotopic (exact) mass is 476 g/mol. The smallest absolute Gasteiger partial charge is 0.407 e. The molecule has 4 rings (SSSR count). The summed E-state index contributed by atoms with van der Waals surface area (Å²) in [4.78, 5) is 36.9. The fraction of sp³-hybridized carbons (Fsp3) is 0.393. The summed E-state index contributed by atoms with van der Waals surface area (Å²) >= 11 is 0. The number of carbonyl (C=O) groups is 3. The van der Waals surface area contributed by atoms with E-state index >= 15 is 0 Å². The lowest BCUT2D eigenvalue weighted by atomic mass is 9.98. The van der Waals surface area contributed by atoms with Crippen molar-refractivity contribution in [2.24, 2.45) is 5.92 Å². The number of fused-ring (bicyclic) bond motifs is 3. The van der Waals surface area contributed by atoms with Gasteiger partial charge in [0.15, 0.2) is 0 Å². The van der Waals surface area contributed by atoms with Crippen LogP contribution in [-0.2, 0) is 14.3 Å². The molecule has 0 spiro atoms. The van der Waals surface area contributed by atoms with E-state index < -0.39 is 24.0 Å². The predicted octanol–water partition coefficient (Wildman–Crippen LogP) is 4.62. The highest BCUT2D eigenvalue weighted by Gasteiger charge is 2.33. The molecule has 2 amide bonds. The normalized spacial score (nSPS) is 19.3. The number of amides is 2. The topological polar surface area (TPSA) is 105 Å². The molecule has 1 saturated carbocycles. The first-order valence-corrected chi connectivity index (χ1v) is 12.1. The van der Waals surface area contributed by atoms with E-state index in [0.29, 0.717) is 25.7 Å². The van der Waals surface area contributed by atoms with Crippen LogP contribution in [0.2, 0.25) is 0 Å². The van der Waals surface area contributed by atoms with Gasteiger partial charge in [0, 0.05) is 12.0 Å². The molecule has 0 aliphatic heterocycles. The van der Waals surface area contributed by atoms with Gasteiger partial charge in [-0.25, -0.2) is 4.79 Å². The van der Waals surface area contributed by atoms with Crippen molar-refractivity contribution < 1.29 is 24.2 Å². The number of carbonyl (C=O) groups excluding carboxylic acids is 2. The molecule has 35 heavy (non-hydrogen) atoms. The molecule has 1 fully saturated rings. The number of benzene rings is 2. The molecule has 7 heteroatoms. The molecule has 2 aromatic carbocycles. The van der Waals surface area contributed by atoms with Gasteiger partial charge in [0.2, 0.25) is 5.91 Å². The van der Waals surface area contributed by atoms with Crippen LogP contribution >= 0.6 is 0 Å². The molecular formula is C28H32N2O5. The highest BCUT2D eigenvalue weighted by molar-refractivity contribution is 5.86. The van der Waals surface area contributed by atoms with Crippen LogP contribution in [-0.4, -0.2) is 41.8 Å². The van der Waals surface area contributed by atoms with E-state index in [1.165, 1.54) is 0 Å². The summed E-state index contributed by atoms with van der Waals surface area (Å²) in [5.74, 6) is -1.66. The molecular weight excluding hydrogens is 444 g/mol. The standard InChI is InChI=1S/C28H32N2O5/c1-17(2)11-14-25(26(31)29-19-13-12-18(15-19)27(32)33)30-28(34)35-16-24-22-9-5-3-7-20(22)21-8-4-6-10-23(21)24/h3-11,18-19,24-25H,12-16H2,1-2H3,(H,29,31)(H,30,34)(H,32,33)/t18-,19+,25?/m0/s1. The van der Waals surface area contributed by atoms with E-state index in [-0.39, 0.29) is 24.5 Å². The van der Waals surface area contributed by atoms with Crippen LogP contribution in [0.4, 0.5) is 4.79 Å². The second-order valence-electron chi connectivity index (χ2n) is 9.59. The fourth-order valence-corrected chi connectivity index (χ4v) is 5.01. The second-order valence-corrected chi connectivity index (χ2v) is 9.59. The zero-order valence-electron chi connectivity index (χ0n) is 20.1. The van der Waals surface area contributed by atoms with Crippen molar-refractivity contribution in [3.05, 3.63) is 71.3 Å². The third kappa shape index (κ3) is 5.73. The first kappa shape index (κ1) is 24.5. The van der Waals surface area contributed by atoms with Gasteiger partial charge >= 0.3 is 12.1 Å². The first-order chi connectivity index (χ1) is 16.8. The van der Waals surface area contributed by atoms with Crippen molar-refractivity contribution in [2.75, 3.05) is 6.61 Å². The maximum absolute atomic E-state index is 13.0. The zero-order chi connectivity index (χ0) is 24.9. The number of allylic oxidation sites excluding steroid dienone is 1. The van der Waals surface area contributed by atoms with Crippen molar-refractivity contribution in [2.45, 2.75) is 57.5 Å². The maximum Gasteiger partial charge on any atom is 0.407 e. The quantitative estimate of drug-likeness (QED) is 0.482. The van der Waals surface area contributed by atoms with Crippen LogP contribution in [0.3, 0.4) is 0 Å². The van der Waals surface area contributed by atoms with E-state index in [4.69, 9.17) is 4.74 Å². The summed E-state index contributed by atoms with van der Waals surface area (Å²) < 4.78 is 5.62. The van der Waals surface area contributed by atoms with Gasteiger partial charge in [0.1, 0.15) is 12.6 Å². The van der Waals surface area contributed by atoms with Crippen LogP contribution in [0.1, 0.15) is 56.6 Å². The summed E-state index contributed by atoms with van der Waals surface area (Å²) in [6.45, 7) is 4.02. The Kier molecular flexibility index (Phi) is 7.54. The summed E-state index contributed by atoms with van der Waals surface area (Å²) in [6.07, 6.45) is 3.13. The van der Waals surface area contributed by atoms with Gasteiger partial charge < -0.3 is 20.5 Å². The third-order valence-electron chi connectivity index (χ3n) is 6.84. The number of carboxylic acid groups (broad SMARTS) is 1. The van der Waals surface area contributed by atoms with Crippen molar-refractivity contribution in [1.29, 1.82) is 0 Å². The summed E-state index contributed by atoms with van der Waals surface area (Å²) in [5.41, 5.74) is 5.57. The average Bonchev–Trinajstić information content (AvgIpc) is 3.43. The molecule has 184 valence electrons. The van der Waals surface area contributed by atoms with E-state index in [0.717, 1.165) is 27.8 Å². The van der Waals surface area contributed by atoms with Gasteiger partial charge in [-0.15, -0.1) is 0 Å². The fourth-order valence-electron chi connectivity index (χ4n) is 5.01. The lowest BCUT2D eigenvalue weighted by Gasteiger charge is -2.21. The first-order valence-electron chi connectivity index (χ1n) is 12.1. The lowest BCUT2D eigenvalue weighted by molar-refractivity contribution is -0.141. The number of aliphatic carboxylic acids is 1. The summed E-state index contributed by atoms with van der Waals surface area (Å²) in [7, 11) is 0. The van der Waals surface area contributed by atoms with Crippen molar-refractivity contribution in [3.63, 3.8) is 0 Å². The number of ether oxygens (including phenoxy) is 1. The van der Waals surface area contributed by atoms with Crippen LogP contribution in [0.25, 0.3) is 11.1 Å². The van der Waals surface area contributed by atoms with Crippen LogP contribution in [0.5, 0.6) is 0 Å². The van der Waals surface area contributed by atoms with Crippen molar-refractivity contribution in [3.8, 4) is 11.1 Å². The zero-order valence-corrected chi connectivity index (χ0v) is 20.1. The Bertz CT molecular complexity index is 1090. The van der Waals surface area contributed by atoms with E-state index in [1.54, 1.807) is 0 Å². The maximum atomic E-state index is 13.0. The minimum absolute atomic E-state index is 0.0651. The van der Waals surface area contributed by atoms with Crippen LogP contribution in [0, 0.1) is 5.92 Å². The van der Waals surface area contributed by atoms with Gasteiger partial charge in [-0.05, 0) is 61.8 Å². The molecule has 0 aromatic heterocycles. The minimum Gasteiger partial charge on any atom is -0.481 e. The van der Waals surface area contributed by atoms with E-state index in [2.05, 4.69) is 34.9 Å². The molecule has 2 aliphatic carbocycles. The molecule has 0 heterocycles. The molecule has 7 nitrogen and oxygen atoms in total. The Hall–Kier alpha value is -3.61. The Labute approximate surface area is 205 Å². The molecule has 1 unspecified atom stereocenters. The Morgan fingerprint density at radius 1 is 1.03 bits per heavy atom. The summed E-state index contributed by atoms with van der Waals surface area (Å²) in [6, 6.07) is 15.2. The molecule has 2 aromatic rings. The molecule has 2 aliphatic rings. The SMILES string of the molecule is CC(C)=CCC(NC(=O)OCC1c2ccccc2-c2ccccc21)C(=O)N[C@@H]1CC[C@H](C(=O)O)C1. The predicted molar refractivity (Wildman–Crippen MR) is 133 cm³/mol. The number of rotatable bonds is 8. The third-order valence-corrected chi connectivity index (χ3v) is 6.84. The molecule has 0 saturated heterocycles. The second kappa shape index (κ2) is 10.8. The number of alkyl carbamates (subject to hydrolysis) is 1. The van der Waals surface area contributed by atoms with Crippen LogP contribution in [0.15, 0.2) is 60.2 Å². The van der Waals surface area contributed by atoms with Gasteiger partial charge in [0.05, 0.1) is 5.92 Å². The van der Waals surface area contributed by atoms with Gasteiger partial charge in [0.25, 0.3) is 0 Å². The van der Waals surface area contributed by atoms with E-state index in [1.807, 2.05) is 44.2 Å². The lowest BCUT2D eigenvalue weighted by Crippen LogP contribution is -2.49. The number of hydrogen-bond donors (Lipinski definition) is 3. The average molecular weight is 477 g/mol. The molecule has 3 atom stereocenters. The largest absolute Gasteiger partial charge is 0.481 e. The Morgan fingerprint density at radius 2 is 1.66 bits per heavy atom. The highest BCUT2D eigenvalue weighted by Crippen LogP contribution is 2.44.